The van der Waals surface area contributed by atoms with Crippen LogP contribution < -0.4 is 5.73 Å². The maximum Gasteiger partial charge on any atom is 0.231 e. The number of carbonyl (C=O) groups is 1. The molecule has 1 unspecified atom stereocenters. The van der Waals surface area contributed by atoms with Crippen LogP contribution in [0.3, 0.4) is 0 Å². The molecule has 1 atom stereocenters. The smallest absolute Gasteiger partial charge is 0.231 e. The molecular weight excluding hydrogens is 509 g/mol. The lowest BCUT2D eigenvalue weighted by atomic mass is 9.92. The van der Waals surface area contributed by atoms with E-state index >= 15 is 0 Å². The molecule has 0 bridgehead atoms. The number of carbonyl (C=O) groups excluding carboxylic acids is 1. The number of rotatable bonds is 8. The Morgan fingerprint density at radius 3 is 2.31 bits per heavy atom. The highest BCUT2D eigenvalue weighted by molar-refractivity contribution is 6.36. The number of primary amides is 1. The summed E-state index contributed by atoms with van der Waals surface area (Å²) in [5, 5.41) is 9.70. The fraction of sp³-hybridized carbons (Fsp3) is 0.308. The molecule has 2 heterocycles. The maximum absolute atomic E-state index is 14.7. The number of hydrogen-bond donors (Lipinski definition) is 2. The molecule has 1 amide bonds. The first kappa shape index (κ1) is 26.4. The van der Waals surface area contributed by atoms with Crippen LogP contribution in [0.4, 0.5) is 8.78 Å². The number of nitrogens with two attached hydrogens (primary N) is 1. The minimum absolute atomic E-state index is 0.0979. The van der Waals surface area contributed by atoms with E-state index in [1.807, 2.05) is 0 Å². The van der Waals surface area contributed by atoms with Gasteiger partial charge in [0, 0.05) is 66.5 Å². The number of nitrogens with zero attached hydrogens (tertiary/aromatic N) is 3. The summed E-state index contributed by atoms with van der Waals surface area (Å²) in [4.78, 5) is 21.6. The minimum Gasteiger partial charge on any atom is -0.395 e. The molecule has 1 saturated heterocycles. The molecule has 0 spiro atoms. The number of halogens is 4. The molecule has 190 valence electrons. The van der Waals surface area contributed by atoms with Crippen molar-refractivity contribution < 1.29 is 18.7 Å². The topological polar surface area (TPSA) is 82.7 Å². The first-order valence-electron chi connectivity index (χ1n) is 11.5. The zero-order chi connectivity index (χ0) is 25.8. The van der Waals surface area contributed by atoms with Gasteiger partial charge in [0.05, 0.1) is 18.0 Å². The van der Waals surface area contributed by atoms with Gasteiger partial charge >= 0.3 is 0 Å². The molecule has 3 N–H and O–H groups in total. The zero-order valence-corrected chi connectivity index (χ0v) is 20.9. The summed E-state index contributed by atoms with van der Waals surface area (Å²) in [5.74, 6) is -3.26. The van der Waals surface area contributed by atoms with Crippen LogP contribution in [0.15, 0.2) is 48.5 Å². The van der Waals surface area contributed by atoms with E-state index in [1.54, 1.807) is 30.3 Å². The van der Waals surface area contributed by atoms with E-state index < -0.39 is 23.5 Å². The highest BCUT2D eigenvalue weighted by Gasteiger charge is 2.28. The van der Waals surface area contributed by atoms with Crippen molar-refractivity contribution in [2.45, 2.75) is 12.5 Å². The van der Waals surface area contributed by atoms with Crippen LogP contribution in [-0.2, 0) is 11.3 Å². The quantitative estimate of drug-likeness (QED) is 0.455. The number of β-amino-alcohol motifs (C(OH)–C–C–N with tert-alkyl or cyclic N) is 1. The normalized spacial score (nSPS) is 15.7. The van der Waals surface area contributed by atoms with Gasteiger partial charge in [-0.05, 0) is 42.0 Å². The van der Waals surface area contributed by atoms with Gasteiger partial charge in [-0.25, -0.2) is 8.78 Å². The van der Waals surface area contributed by atoms with Gasteiger partial charge in [-0.3, -0.25) is 19.6 Å². The average molecular weight is 535 g/mol. The number of aliphatic hydroxyl groups is 1. The van der Waals surface area contributed by atoms with Crippen molar-refractivity contribution in [3.05, 3.63) is 87.0 Å². The Kier molecular flexibility index (Phi) is 8.54. The lowest BCUT2D eigenvalue weighted by Crippen LogP contribution is -2.46. The predicted octanol–water partition coefficient (Wildman–Crippen LogP) is 4.06. The van der Waals surface area contributed by atoms with Crippen molar-refractivity contribution in [1.82, 2.24) is 14.8 Å². The first-order valence-corrected chi connectivity index (χ1v) is 12.3. The van der Waals surface area contributed by atoms with E-state index in [0.717, 1.165) is 43.9 Å². The summed E-state index contributed by atoms with van der Waals surface area (Å²) >= 11 is 12.8. The van der Waals surface area contributed by atoms with Gasteiger partial charge in [-0.2, -0.15) is 0 Å². The van der Waals surface area contributed by atoms with E-state index in [-0.39, 0.29) is 33.6 Å². The van der Waals surface area contributed by atoms with Crippen molar-refractivity contribution in [2.24, 2.45) is 5.73 Å². The summed E-state index contributed by atoms with van der Waals surface area (Å²) in [6, 6.07) is 11.6. The zero-order valence-electron chi connectivity index (χ0n) is 19.4. The van der Waals surface area contributed by atoms with Crippen LogP contribution in [0.2, 0.25) is 10.0 Å². The van der Waals surface area contributed by atoms with Crippen molar-refractivity contribution >= 4 is 29.1 Å². The summed E-state index contributed by atoms with van der Waals surface area (Å²) in [7, 11) is 0. The Balaban J connectivity index is 1.77. The third-order valence-electron chi connectivity index (χ3n) is 6.27. The Labute approximate surface area is 218 Å². The van der Waals surface area contributed by atoms with E-state index in [4.69, 9.17) is 28.9 Å². The minimum atomic E-state index is -1.07. The summed E-state index contributed by atoms with van der Waals surface area (Å²) in [6.45, 7) is 4.40. The van der Waals surface area contributed by atoms with E-state index in [1.165, 1.54) is 6.07 Å². The Morgan fingerprint density at radius 2 is 1.69 bits per heavy atom. The van der Waals surface area contributed by atoms with E-state index in [0.29, 0.717) is 18.7 Å². The van der Waals surface area contributed by atoms with Crippen LogP contribution in [0.5, 0.6) is 0 Å². The third kappa shape index (κ3) is 6.02. The molecule has 6 nitrogen and oxygen atoms in total. The second kappa shape index (κ2) is 11.6. The summed E-state index contributed by atoms with van der Waals surface area (Å²) < 4.78 is 28.3. The predicted molar refractivity (Wildman–Crippen MR) is 136 cm³/mol. The fourth-order valence-electron chi connectivity index (χ4n) is 4.48. The van der Waals surface area contributed by atoms with Gasteiger partial charge in [0.1, 0.15) is 17.6 Å². The molecule has 36 heavy (non-hydrogen) atoms. The van der Waals surface area contributed by atoms with Gasteiger partial charge in [0.2, 0.25) is 5.91 Å². The van der Waals surface area contributed by atoms with E-state index in [9.17, 15) is 18.7 Å². The van der Waals surface area contributed by atoms with Crippen molar-refractivity contribution in [2.75, 3.05) is 39.3 Å². The Morgan fingerprint density at radius 1 is 1.03 bits per heavy atom. The number of amides is 1. The molecule has 0 radical (unpaired) electrons. The van der Waals surface area contributed by atoms with Gasteiger partial charge in [0.15, 0.2) is 0 Å². The molecular formula is C26H26Cl2F2N4O2. The van der Waals surface area contributed by atoms with Crippen molar-refractivity contribution in [1.29, 1.82) is 0 Å². The molecule has 2 aromatic carbocycles. The molecule has 1 aliphatic rings. The molecule has 0 aliphatic carbocycles. The average Bonchev–Trinajstić information content (AvgIpc) is 2.82. The van der Waals surface area contributed by atoms with Gasteiger partial charge in [-0.15, -0.1) is 0 Å². The molecule has 1 fully saturated rings. The number of aromatic nitrogens is 1. The van der Waals surface area contributed by atoms with Crippen molar-refractivity contribution in [3.63, 3.8) is 0 Å². The lowest BCUT2D eigenvalue weighted by Gasteiger charge is -2.34. The van der Waals surface area contributed by atoms with Crippen LogP contribution in [0.25, 0.3) is 11.3 Å². The largest absolute Gasteiger partial charge is 0.395 e. The molecule has 1 aromatic heterocycles. The van der Waals surface area contributed by atoms with E-state index in [2.05, 4.69) is 14.8 Å². The SMILES string of the molecule is NC(=O)C(c1cc(CN2CCN(CCO)CC2)cc(-c2ccc(F)cc2F)n1)c1c(Cl)cccc1Cl. The lowest BCUT2D eigenvalue weighted by molar-refractivity contribution is -0.118. The second-order valence-electron chi connectivity index (χ2n) is 8.72. The molecule has 10 heteroatoms. The molecule has 1 aliphatic heterocycles. The van der Waals surface area contributed by atoms with Crippen molar-refractivity contribution in [3.8, 4) is 11.3 Å². The number of hydrogen-bond acceptors (Lipinski definition) is 5. The number of pyridine rings is 1. The first-order chi connectivity index (χ1) is 17.3. The number of benzene rings is 2. The summed E-state index contributed by atoms with van der Waals surface area (Å²) in [6.07, 6.45) is 0. The summed E-state index contributed by atoms with van der Waals surface area (Å²) in [5.41, 5.74) is 7.51. The van der Waals surface area contributed by atoms with Gasteiger partial charge in [0.25, 0.3) is 0 Å². The highest BCUT2D eigenvalue weighted by Crippen LogP contribution is 2.36. The fourth-order valence-corrected chi connectivity index (χ4v) is 5.09. The maximum atomic E-state index is 14.7. The standard InChI is InChI=1S/C26H26Cl2F2N4O2/c27-19-2-1-3-20(28)24(19)25(26(31)36)23-13-16(15-34-8-6-33(7-9-34)10-11-35)12-22(32-23)18-5-4-17(29)14-21(18)30/h1-5,12-14,25,35H,6-11,15H2,(H2,31,36). The molecule has 3 aromatic rings. The highest BCUT2D eigenvalue weighted by atomic mass is 35.5. The van der Waals surface area contributed by atoms with Crippen LogP contribution in [0, 0.1) is 11.6 Å². The number of aliphatic hydroxyl groups excluding tert-OH is 1. The van der Waals surface area contributed by atoms with Gasteiger partial charge in [-0.1, -0.05) is 29.3 Å². The second-order valence-corrected chi connectivity index (χ2v) is 9.54. The van der Waals surface area contributed by atoms with Crippen LogP contribution in [0.1, 0.15) is 22.7 Å². The molecule has 0 saturated carbocycles. The monoisotopic (exact) mass is 534 g/mol. The third-order valence-corrected chi connectivity index (χ3v) is 6.93. The Bertz CT molecular complexity index is 1230. The Hall–Kier alpha value is -2.62. The van der Waals surface area contributed by atoms with Crippen LogP contribution in [-0.4, -0.2) is 65.1 Å². The van der Waals surface area contributed by atoms with Gasteiger partial charge < -0.3 is 10.8 Å². The van der Waals surface area contributed by atoms with Crippen LogP contribution >= 0.6 is 23.2 Å². The number of piperazine rings is 1. The molecule has 4 rings (SSSR count).